The highest BCUT2D eigenvalue weighted by Gasteiger charge is 2.17. The minimum atomic E-state index is 0.635. The van der Waals surface area contributed by atoms with Crippen LogP contribution in [0.1, 0.15) is 27.7 Å². The molecule has 0 fully saturated rings. The second-order valence-electron chi connectivity index (χ2n) is 9.71. The fourth-order valence-electron chi connectivity index (χ4n) is 5.02. The molecule has 0 saturated carbocycles. The zero-order valence-electron chi connectivity index (χ0n) is 24.4. The van der Waals surface area contributed by atoms with Crippen LogP contribution in [0.3, 0.4) is 0 Å². The monoisotopic (exact) mass is 549 g/mol. The standard InChI is InChI=1S/C34H39N5O2/c1-5-38(6-2)22-21-35-30-24-34-32(23-31(30)36-25-13-17-27(18-14-25)40-7-3)37-29-11-9-10-12-33(29)39(34)26-15-19-28(20-16-26)41-8-4/h9-20,23-24,36H,5-8,21-22H2,1-4H3. The number of ether oxygens (including phenoxy) is 2. The van der Waals surface area contributed by atoms with Gasteiger partial charge >= 0.3 is 0 Å². The topological polar surface area (TPSA) is 63.9 Å². The van der Waals surface area contributed by atoms with Crippen LogP contribution >= 0.6 is 0 Å². The van der Waals surface area contributed by atoms with E-state index in [1.807, 2.05) is 56.3 Å². The predicted molar refractivity (Wildman–Crippen MR) is 168 cm³/mol. The normalized spacial score (nSPS) is 11.9. The summed E-state index contributed by atoms with van der Waals surface area (Å²) in [5.41, 5.74) is 6.76. The van der Waals surface area contributed by atoms with Crippen LogP contribution < -0.4 is 20.1 Å². The van der Waals surface area contributed by atoms with Crippen LogP contribution in [0.2, 0.25) is 0 Å². The van der Waals surface area contributed by atoms with Gasteiger partial charge in [-0.2, -0.15) is 0 Å². The summed E-state index contributed by atoms with van der Waals surface area (Å²) in [4.78, 5) is 12.6. The summed E-state index contributed by atoms with van der Waals surface area (Å²) >= 11 is 0. The van der Waals surface area contributed by atoms with Gasteiger partial charge in [0.1, 0.15) is 11.5 Å². The van der Waals surface area contributed by atoms with Crippen LogP contribution in [-0.2, 0) is 0 Å². The lowest BCUT2D eigenvalue weighted by Crippen LogP contribution is -2.26. The Labute approximate surface area is 242 Å². The molecule has 3 aromatic carbocycles. The maximum absolute atomic E-state index is 5.71. The Balaban J connectivity index is 1.66. The summed E-state index contributed by atoms with van der Waals surface area (Å²) < 4.78 is 13.6. The van der Waals surface area contributed by atoms with Crippen molar-refractivity contribution in [2.75, 3.05) is 44.7 Å². The maximum atomic E-state index is 5.71. The molecule has 0 amide bonds. The number of rotatable bonds is 12. The zero-order valence-corrected chi connectivity index (χ0v) is 24.4. The molecule has 1 N–H and O–H groups in total. The van der Waals surface area contributed by atoms with Crippen molar-refractivity contribution in [2.24, 2.45) is 4.99 Å². The van der Waals surface area contributed by atoms with E-state index >= 15 is 0 Å². The Morgan fingerprint density at radius 1 is 0.805 bits per heavy atom. The van der Waals surface area contributed by atoms with Gasteiger partial charge in [-0.25, -0.2) is 4.98 Å². The van der Waals surface area contributed by atoms with E-state index in [1.54, 1.807) is 0 Å². The molecule has 7 heteroatoms. The Bertz CT molecular complexity index is 1610. The highest BCUT2D eigenvalue weighted by atomic mass is 16.5. The van der Waals surface area contributed by atoms with E-state index in [0.717, 1.165) is 76.0 Å². The van der Waals surface area contributed by atoms with Crippen molar-refractivity contribution in [2.45, 2.75) is 27.7 Å². The number of hydrogen-bond donors (Lipinski definition) is 1. The van der Waals surface area contributed by atoms with E-state index in [0.29, 0.717) is 19.8 Å². The molecular weight excluding hydrogens is 510 g/mol. The number of para-hydroxylation sites is 2. The number of nitrogens with zero attached hydrogens (tertiary/aromatic N) is 4. The molecule has 2 aliphatic rings. The third kappa shape index (κ3) is 6.52. The fraction of sp³-hybridized carbons (Fsp3) is 0.294. The molecule has 1 aliphatic heterocycles. The van der Waals surface area contributed by atoms with Gasteiger partial charge in [-0.3, -0.25) is 4.99 Å². The lowest BCUT2D eigenvalue weighted by molar-refractivity contribution is 0.312. The van der Waals surface area contributed by atoms with E-state index in [2.05, 4.69) is 71.1 Å². The van der Waals surface area contributed by atoms with Crippen LogP contribution in [0.25, 0.3) is 28.1 Å². The minimum Gasteiger partial charge on any atom is -0.494 e. The van der Waals surface area contributed by atoms with Gasteiger partial charge in [0.15, 0.2) is 0 Å². The Kier molecular flexibility index (Phi) is 9.16. The number of fused-ring (bicyclic) bond motifs is 2. The molecule has 0 unspecified atom stereocenters. The molecule has 0 radical (unpaired) electrons. The van der Waals surface area contributed by atoms with E-state index in [1.165, 1.54) is 0 Å². The summed E-state index contributed by atoms with van der Waals surface area (Å²) in [7, 11) is 0. The first kappa shape index (κ1) is 28.2. The Morgan fingerprint density at radius 2 is 1.46 bits per heavy atom. The lowest BCUT2D eigenvalue weighted by Gasteiger charge is -2.21. The molecule has 1 heterocycles. The average Bonchev–Trinajstić information content (AvgIpc) is 3.00. The molecule has 3 aromatic rings. The minimum absolute atomic E-state index is 0.635. The molecule has 1 aliphatic carbocycles. The van der Waals surface area contributed by atoms with Crippen molar-refractivity contribution in [3.8, 4) is 28.6 Å². The van der Waals surface area contributed by atoms with Gasteiger partial charge < -0.3 is 24.3 Å². The highest BCUT2D eigenvalue weighted by molar-refractivity contribution is 5.84. The molecule has 0 aromatic heterocycles. The number of hydrogen-bond acceptors (Lipinski definition) is 6. The first-order chi connectivity index (χ1) is 20.1. The van der Waals surface area contributed by atoms with Gasteiger partial charge in [0.2, 0.25) is 0 Å². The van der Waals surface area contributed by atoms with Crippen molar-refractivity contribution in [1.82, 2.24) is 14.5 Å². The molecule has 212 valence electrons. The van der Waals surface area contributed by atoms with Crippen molar-refractivity contribution >= 4 is 22.4 Å². The fourth-order valence-corrected chi connectivity index (χ4v) is 5.02. The summed E-state index contributed by atoms with van der Waals surface area (Å²) in [5, 5.41) is 4.50. The first-order valence-electron chi connectivity index (χ1n) is 14.5. The van der Waals surface area contributed by atoms with Crippen molar-refractivity contribution in [3.05, 3.63) is 90.3 Å². The molecular formula is C34H39N5O2. The molecule has 0 spiro atoms. The van der Waals surface area contributed by atoms with Crippen LogP contribution in [0, 0.1) is 0 Å². The summed E-state index contributed by atoms with van der Waals surface area (Å²) in [6.07, 6.45) is 0. The smallest absolute Gasteiger partial charge is 0.119 e. The van der Waals surface area contributed by atoms with Crippen molar-refractivity contribution < 1.29 is 9.47 Å². The van der Waals surface area contributed by atoms with Crippen LogP contribution in [0.15, 0.2) is 89.9 Å². The second kappa shape index (κ2) is 13.3. The third-order valence-electron chi connectivity index (χ3n) is 7.14. The molecule has 0 bridgehead atoms. The molecule has 5 rings (SSSR count). The Morgan fingerprint density at radius 3 is 2.12 bits per heavy atom. The molecule has 41 heavy (non-hydrogen) atoms. The number of nitrogens with one attached hydrogen (secondary N) is 1. The number of aromatic nitrogens is 2. The van der Waals surface area contributed by atoms with Crippen LogP contribution in [0.5, 0.6) is 11.5 Å². The third-order valence-corrected chi connectivity index (χ3v) is 7.14. The van der Waals surface area contributed by atoms with Gasteiger partial charge in [0.05, 0.1) is 53.2 Å². The highest BCUT2D eigenvalue weighted by Crippen LogP contribution is 2.31. The molecule has 7 nitrogen and oxygen atoms in total. The summed E-state index contributed by atoms with van der Waals surface area (Å²) in [6.45, 7) is 13.3. The average molecular weight is 550 g/mol. The van der Waals surface area contributed by atoms with Gasteiger partial charge in [-0.15, -0.1) is 0 Å². The number of likely N-dealkylation sites (N-methyl/N-ethyl adjacent to an activating group) is 1. The number of anilines is 2. The van der Waals surface area contributed by atoms with Gasteiger partial charge in [0, 0.05) is 17.9 Å². The van der Waals surface area contributed by atoms with E-state index in [4.69, 9.17) is 19.5 Å². The summed E-state index contributed by atoms with van der Waals surface area (Å²) in [6, 6.07) is 28.8. The van der Waals surface area contributed by atoms with Crippen molar-refractivity contribution in [1.29, 1.82) is 0 Å². The molecule has 0 atom stereocenters. The van der Waals surface area contributed by atoms with Crippen LogP contribution in [0.4, 0.5) is 11.4 Å². The van der Waals surface area contributed by atoms with E-state index in [9.17, 15) is 0 Å². The SMILES string of the molecule is CCOc1ccc(Nc2cc3nc4ccccc4n(-c4ccc(OCC)cc4)c-3cc2=NCCN(CC)CC)cc1. The zero-order chi connectivity index (χ0) is 28.6. The first-order valence-corrected chi connectivity index (χ1v) is 14.5. The maximum Gasteiger partial charge on any atom is 0.119 e. The van der Waals surface area contributed by atoms with Crippen molar-refractivity contribution in [3.63, 3.8) is 0 Å². The largest absolute Gasteiger partial charge is 0.494 e. The second-order valence-corrected chi connectivity index (χ2v) is 9.71. The van der Waals surface area contributed by atoms with E-state index in [-0.39, 0.29) is 0 Å². The van der Waals surface area contributed by atoms with Crippen LogP contribution in [-0.4, -0.2) is 53.8 Å². The quantitative estimate of drug-likeness (QED) is 0.171. The lowest BCUT2D eigenvalue weighted by atomic mass is 10.1. The predicted octanol–water partition coefficient (Wildman–Crippen LogP) is 6.91. The van der Waals surface area contributed by atoms with Gasteiger partial charge in [-0.05, 0) is 99.7 Å². The van der Waals surface area contributed by atoms with E-state index < -0.39 is 0 Å². The number of benzene rings is 4. The van der Waals surface area contributed by atoms with Gasteiger partial charge in [-0.1, -0.05) is 26.0 Å². The Hall–Kier alpha value is -4.36. The summed E-state index contributed by atoms with van der Waals surface area (Å²) in [5.74, 6) is 1.71. The van der Waals surface area contributed by atoms with Gasteiger partial charge in [0.25, 0.3) is 0 Å². The molecule has 0 saturated heterocycles.